The summed E-state index contributed by atoms with van der Waals surface area (Å²) >= 11 is 0. The van der Waals surface area contributed by atoms with Gasteiger partial charge in [0.2, 0.25) is 0 Å². The van der Waals surface area contributed by atoms with Crippen molar-refractivity contribution in [1.29, 1.82) is 0 Å². The van der Waals surface area contributed by atoms with Gasteiger partial charge in [-0.1, -0.05) is 13.1 Å². The summed E-state index contributed by atoms with van der Waals surface area (Å²) in [5, 5.41) is 0.910. The van der Waals surface area contributed by atoms with Crippen molar-refractivity contribution in [2.24, 2.45) is 0 Å². The van der Waals surface area contributed by atoms with Crippen LogP contribution in [0, 0.1) is 12.3 Å². The first-order valence-corrected chi connectivity index (χ1v) is 7.29. The van der Waals surface area contributed by atoms with Crippen molar-refractivity contribution < 1.29 is 0 Å². The third-order valence-corrected chi connectivity index (χ3v) is 4.67. The maximum atomic E-state index is 5.73. The lowest BCUT2D eigenvalue weighted by Gasteiger charge is -2.19. The molecule has 68 valence electrons. The highest BCUT2D eigenvalue weighted by Crippen LogP contribution is 2.09. The molecule has 0 amide bonds. The first-order valence-electron chi connectivity index (χ1n) is 4.08. The second-order valence-corrected chi connectivity index (χ2v) is 8.15. The highest BCUT2D eigenvalue weighted by Gasteiger charge is 2.26. The smallest absolute Gasteiger partial charge is 0.140 e. The van der Waals surface area contributed by atoms with Crippen molar-refractivity contribution in [3.05, 3.63) is 12.4 Å². The average Bonchev–Trinajstić information content (AvgIpc) is 2.04. The SMILES string of the molecule is C#CC[Si](C)(C)c1nccnc1N. The highest BCUT2D eigenvalue weighted by molar-refractivity contribution is 6.90. The zero-order valence-electron chi connectivity index (χ0n) is 7.91. The molecular weight excluding hydrogens is 178 g/mol. The van der Waals surface area contributed by atoms with E-state index in [-0.39, 0.29) is 0 Å². The van der Waals surface area contributed by atoms with Crippen molar-refractivity contribution in [3.63, 3.8) is 0 Å². The average molecular weight is 191 g/mol. The molecule has 0 saturated heterocycles. The fraction of sp³-hybridized carbons (Fsp3) is 0.333. The number of hydrogen-bond donors (Lipinski definition) is 1. The molecular formula is C9H13N3Si. The second kappa shape index (κ2) is 3.58. The second-order valence-electron chi connectivity index (χ2n) is 3.55. The zero-order chi connectivity index (χ0) is 9.90. The van der Waals surface area contributed by atoms with Crippen molar-refractivity contribution in [1.82, 2.24) is 9.97 Å². The van der Waals surface area contributed by atoms with Gasteiger partial charge < -0.3 is 5.73 Å². The summed E-state index contributed by atoms with van der Waals surface area (Å²) in [6.45, 7) is 4.29. The Morgan fingerprint density at radius 1 is 1.46 bits per heavy atom. The van der Waals surface area contributed by atoms with Crippen molar-refractivity contribution in [2.75, 3.05) is 5.73 Å². The number of nitrogens with zero attached hydrogens (tertiary/aromatic N) is 2. The van der Waals surface area contributed by atoms with Gasteiger partial charge >= 0.3 is 0 Å². The first-order chi connectivity index (χ1) is 6.08. The quantitative estimate of drug-likeness (QED) is 0.550. The summed E-state index contributed by atoms with van der Waals surface area (Å²) in [7, 11) is -1.66. The monoisotopic (exact) mass is 191 g/mol. The predicted molar refractivity (Wildman–Crippen MR) is 57.2 cm³/mol. The van der Waals surface area contributed by atoms with Gasteiger partial charge in [-0.05, 0) is 0 Å². The molecule has 0 atom stereocenters. The van der Waals surface area contributed by atoms with Gasteiger partial charge in [0.05, 0.1) is 5.32 Å². The molecule has 1 aromatic heterocycles. The Bertz CT molecular complexity index is 341. The van der Waals surface area contributed by atoms with Gasteiger partial charge in [-0.25, -0.2) is 4.98 Å². The molecule has 1 rings (SSSR count). The molecule has 0 spiro atoms. The largest absolute Gasteiger partial charge is 0.383 e. The van der Waals surface area contributed by atoms with Crippen LogP contribution in [-0.2, 0) is 0 Å². The summed E-state index contributed by atoms with van der Waals surface area (Å²) < 4.78 is 0. The summed E-state index contributed by atoms with van der Waals surface area (Å²) in [5.41, 5.74) is 5.73. The van der Waals surface area contributed by atoms with E-state index in [4.69, 9.17) is 12.2 Å². The van der Waals surface area contributed by atoms with Gasteiger partial charge in [0, 0.05) is 18.4 Å². The van der Waals surface area contributed by atoms with E-state index in [2.05, 4.69) is 29.0 Å². The highest BCUT2D eigenvalue weighted by atomic mass is 28.3. The molecule has 0 bridgehead atoms. The van der Waals surface area contributed by atoms with Crippen LogP contribution in [0.3, 0.4) is 0 Å². The van der Waals surface area contributed by atoms with Gasteiger partial charge in [0.15, 0.2) is 0 Å². The van der Waals surface area contributed by atoms with E-state index in [1.165, 1.54) is 0 Å². The van der Waals surface area contributed by atoms with E-state index >= 15 is 0 Å². The molecule has 0 aliphatic heterocycles. The third kappa shape index (κ3) is 2.07. The Labute approximate surface area is 79.4 Å². The van der Waals surface area contributed by atoms with E-state index < -0.39 is 8.07 Å². The van der Waals surface area contributed by atoms with Crippen LogP contribution in [0.25, 0.3) is 0 Å². The number of hydrogen-bond acceptors (Lipinski definition) is 3. The van der Waals surface area contributed by atoms with E-state index in [1.807, 2.05) is 0 Å². The van der Waals surface area contributed by atoms with E-state index in [0.717, 1.165) is 11.4 Å². The number of nitrogen functional groups attached to an aromatic ring is 1. The number of terminal acetylenes is 1. The van der Waals surface area contributed by atoms with Crippen LogP contribution in [0.4, 0.5) is 5.82 Å². The number of rotatable bonds is 2. The van der Waals surface area contributed by atoms with Gasteiger partial charge in [0.25, 0.3) is 0 Å². The molecule has 0 saturated carbocycles. The topological polar surface area (TPSA) is 51.8 Å². The fourth-order valence-corrected chi connectivity index (χ4v) is 3.07. The van der Waals surface area contributed by atoms with Crippen LogP contribution in [0.1, 0.15) is 0 Å². The number of anilines is 1. The number of nitrogens with two attached hydrogens (primary N) is 1. The molecule has 2 N–H and O–H groups in total. The molecule has 0 radical (unpaired) electrons. The normalized spacial score (nSPS) is 10.8. The Morgan fingerprint density at radius 2 is 2.08 bits per heavy atom. The van der Waals surface area contributed by atoms with Gasteiger partial charge in [0.1, 0.15) is 13.9 Å². The lowest BCUT2D eigenvalue weighted by atomic mass is 10.7. The predicted octanol–water partition coefficient (Wildman–Crippen LogP) is 0.607. The van der Waals surface area contributed by atoms with Crippen LogP contribution in [-0.4, -0.2) is 18.0 Å². The zero-order valence-corrected chi connectivity index (χ0v) is 8.91. The minimum Gasteiger partial charge on any atom is -0.383 e. The summed E-state index contributed by atoms with van der Waals surface area (Å²) in [6, 6.07) is 0.746. The van der Waals surface area contributed by atoms with Crippen molar-refractivity contribution >= 4 is 19.2 Å². The Morgan fingerprint density at radius 3 is 2.62 bits per heavy atom. The summed E-state index contributed by atoms with van der Waals surface area (Å²) in [6.07, 6.45) is 8.56. The van der Waals surface area contributed by atoms with Crippen molar-refractivity contribution in [3.8, 4) is 12.3 Å². The first kappa shape index (κ1) is 9.74. The number of aromatic nitrogens is 2. The molecule has 0 aromatic carbocycles. The standard InChI is InChI=1S/C9H13N3Si/c1-4-7-13(2,3)9-8(10)11-5-6-12-9/h1,5-6H,7H2,2-3H3,(H2,10,11). The molecule has 3 nitrogen and oxygen atoms in total. The fourth-order valence-electron chi connectivity index (χ4n) is 1.21. The third-order valence-electron chi connectivity index (χ3n) is 1.91. The Hall–Kier alpha value is -1.34. The minimum atomic E-state index is -1.66. The van der Waals surface area contributed by atoms with E-state index in [9.17, 15) is 0 Å². The molecule has 4 heteroatoms. The van der Waals surface area contributed by atoms with Crippen LogP contribution in [0.15, 0.2) is 12.4 Å². The van der Waals surface area contributed by atoms with Gasteiger partial charge in [-0.3, -0.25) is 4.98 Å². The maximum Gasteiger partial charge on any atom is 0.140 e. The van der Waals surface area contributed by atoms with E-state index in [0.29, 0.717) is 5.82 Å². The van der Waals surface area contributed by atoms with Crippen LogP contribution < -0.4 is 11.1 Å². The van der Waals surface area contributed by atoms with Crippen LogP contribution in [0.5, 0.6) is 0 Å². The van der Waals surface area contributed by atoms with E-state index in [1.54, 1.807) is 12.4 Å². The Kier molecular flexibility index (Phi) is 2.68. The molecule has 0 aliphatic rings. The minimum absolute atomic E-state index is 0.523. The molecule has 0 unspecified atom stereocenters. The molecule has 1 aromatic rings. The molecule has 0 aliphatic carbocycles. The van der Waals surface area contributed by atoms with Crippen LogP contribution >= 0.6 is 0 Å². The Balaban J connectivity index is 3.08. The molecule has 1 heterocycles. The maximum absolute atomic E-state index is 5.73. The summed E-state index contributed by atoms with van der Waals surface area (Å²) in [5.74, 6) is 3.19. The molecule has 0 fully saturated rings. The van der Waals surface area contributed by atoms with Gasteiger partial charge in [-0.2, -0.15) is 0 Å². The lowest BCUT2D eigenvalue weighted by molar-refractivity contribution is 1.23. The van der Waals surface area contributed by atoms with Gasteiger partial charge in [-0.15, -0.1) is 12.3 Å². The van der Waals surface area contributed by atoms with Crippen LogP contribution in [0.2, 0.25) is 19.1 Å². The summed E-state index contributed by atoms with van der Waals surface area (Å²) in [4.78, 5) is 8.26. The lowest BCUT2D eigenvalue weighted by Crippen LogP contribution is -2.44. The van der Waals surface area contributed by atoms with Crippen molar-refractivity contribution in [2.45, 2.75) is 19.1 Å². The molecule has 13 heavy (non-hydrogen) atoms.